The van der Waals surface area contributed by atoms with E-state index in [1.54, 1.807) is 0 Å². The van der Waals surface area contributed by atoms with Crippen LogP contribution in [-0.2, 0) is 4.74 Å². The fourth-order valence-electron chi connectivity index (χ4n) is 1.46. The van der Waals surface area contributed by atoms with Gasteiger partial charge < -0.3 is 9.47 Å². The van der Waals surface area contributed by atoms with Gasteiger partial charge in [0.25, 0.3) is 0 Å². The summed E-state index contributed by atoms with van der Waals surface area (Å²) in [4.78, 5) is 3.22. The first kappa shape index (κ1) is 9.94. The van der Waals surface area contributed by atoms with Crippen molar-refractivity contribution in [3.05, 3.63) is 35.4 Å². The predicted octanol–water partition coefficient (Wildman–Crippen LogP) is 2.54. The van der Waals surface area contributed by atoms with E-state index < -0.39 is 5.82 Å². The average molecular weight is 207 g/mol. The third-order valence-electron chi connectivity index (χ3n) is 2.22. The first-order chi connectivity index (χ1) is 7.29. The van der Waals surface area contributed by atoms with Gasteiger partial charge in [-0.05, 0) is 18.2 Å². The molecule has 1 atom stereocenters. The second-order valence-corrected chi connectivity index (χ2v) is 3.33. The molecule has 1 unspecified atom stereocenters. The Hall–Kier alpha value is -1.60. The SMILES string of the molecule is [C-]#[N+]c1cc(F)ccc1OC1CCOC1. The molecule has 0 spiro atoms. The van der Waals surface area contributed by atoms with E-state index in [1.807, 2.05) is 0 Å². The van der Waals surface area contributed by atoms with Crippen molar-refractivity contribution in [3.63, 3.8) is 0 Å². The molecule has 0 N–H and O–H groups in total. The van der Waals surface area contributed by atoms with E-state index in [4.69, 9.17) is 16.0 Å². The number of ether oxygens (including phenoxy) is 2. The molecule has 1 saturated heterocycles. The van der Waals surface area contributed by atoms with Crippen LogP contribution in [0.5, 0.6) is 5.75 Å². The zero-order valence-corrected chi connectivity index (χ0v) is 8.07. The predicted molar refractivity (Wildman–Crippen MR) is 52.5 cm³/mol. The lowest BCUT2D eigenvalue weighted by Gasteiger charge is -2.12. The van der Waals surface area contributed by atoms with Crippen LogP contribution in [0.25, 0.3) is 4.85 Å². The van der Waals surface area contributed by atoms with Gasteiger partial charge in [-0.15, -0.1) is 0 Å². The second-order valence-electron chi connectivity index (χ2n) is 3.33. The molecule has 78 valence electrons. The molecule has 0 aliphatic carbocycles. The molecule has 1 aromatic rings. The summed E-state index contributed by atoms with van der Waals surface area (Å²) >= 11 is 0. The highest BCUT2D eigenvalue weighted by molar-refractivity contribution is 5.57. The quantitative estimate of drug-likeness (QED) is 0.695. The number of benzene rings is 1. The number of hydrogen-bond donors (Lipinski definition) is 0. The zero-order chi connectivity index (χ0) is 10.7. The highest BCUT2D eigenvalue weighted by Crippen LogP contribution is 2.30. The maximum Gasteiger partial charge on any atom is 0.231 e. The maximum atomic E-state index is 12.8. The summed E-state index contributed by atoms with van der Waals surface area (Å²) in [6.07, 6.45) is 0.797. The van der Waals surface area contributed by atoms with E-state index in [-0.39, 0.29) is 11.8 Å². The summed E-state index contributed by atoms with van der Waals surface area (Å²) in [5.41, 5.74) is 0.210. The van der Waals surface area contributed by atoms with Crippen LogP contribution in [0.4, 0.5) is 10.1 Å². The van der Waals surface area contributed by atoms with Crippen molar-refractivity contribution >= 4 is 5.69 Å². The first-order valence-electron chi connectivity index (χ1n) is 4.71. The van der Waals surface area contributed by atoms with Crippen LogP contribution in [-0.4, -0.2) is 19.3 Å². The topological polar surface area (TPSA) is 22.8 Å². The minimum Gasteiger partial charge on any atom is -0.499 e. The van der Waals surface area contributed by atoms with E-state index in [9.17, 15) is 4.39 Å². The van der Waals surface area contributed by atoms with Crippen molar-refractivity contribution in [2.75, 3.05) is 13.2 Å². The van der Waals surface area contributed by atoms with Gasteiger partial charge in [0.2, 0.25) is 5.69 Å². The van der Waals surface area contributed by atoms with E-state index >= 15 is 0 Å². The average Bonchev–Trinajstić information content (AvgIpc) is 2.73. The van der Waals surface area contributed by atoms with Crippen LogP contribution in [0.1, 0.15) is 6.42 Å². The van der Waals surface area contributed by atoms with Gasteiger partial charge in [0, 0.05) is 6.42 Å². The highest BCUT2D eigenvalue weighted by atomic mass is 19.1. The molecule has 0 bridgehead atoms. The number of nitrogens with zero attached hydrogens (tertiary/aromatic N) is 1. The molecule has 3 nitrogen and oxygen atoms in total. The lowest BCUT2D eigenvalue weighted by atomic mass is 10.2. The molecule has 1 heterocycles. The molecule has 2 rings (SSSR count). The summed E-state index contributed by atoms with van der Waals surface area (Å²) in [5, 5.41) is 0. The van der Waals surface area contributed by atoms with E-state index in [0.717, 1.165) is 6.42 Å². The summed E-state index contributed by atoms with van der Waals surface area (Å²) in [6, 6.07) is 3.96. The fourth-order valence-corrected chi connectivity index (χ4v) is 1.46. The molecule has 1 fully saturated rings. The Morgan fingerprint density at radius 3 is 3.07 bits per heavy atom. The minimum atomic E-state index is -0.420. The Kier molecular flexibility index (Phi) is 2.84. The van der Waals surface area contributed by atoms with Gasteiger partial charge >= 0.3 is 0 Å². The number of hydrogen-bond acceptors (Lipinski definition) is 2. The smallest absolute Gasteiger partial charge is 0.231 e. The van der Waals surface area contributed by atoms with Crippen molar-refractivity contribution in [2.24, 2.45) is 0 Å². The van der Waals surface area contributed by atoms with E-state index in [2.05, 4.69) is 4.85 Å². The van der Waals surface area contributed by atoms with Crippen molar-refractivity contribution in [1.82, 2.24) is 0 Å². The Morgan fingerprint density at radius 1 is 1.53 bits per heavy atom. The molecule has 4 heteroatoms. The lowest BCUT2D eigenvalue weighted by molar-refractivity contribution is 0.142. The van der Waals surface area contributed by atoms with Crippen LogP contribution >= 0.6 is 0 Å². The van der Waals surface area contributed by atoms with Crippen LogP contribution in [0.15, 0.2) is 18.2 Å². The summed E-state index contributed by atoms with van der Waals surface area (Å²) < 4.78 is 23.5. The zero-order valence-electron chi connectivity index (χ0n) is 8.07. The van der Waals surface area contributed by atoms with Crippen molar-refractivity contribution in [2.45, 2.75) is 12.5 Å². The Morgan fingerprint density at radius 2 is 2.40 bits per heavy atom. The third kappa shape index (κ3) is 2.25. The molecule has 0 amide bonds. The largest absolute Gasteiger partial charge is 0.499 e. The van der Waals surface area contributed by atoms with Gasteiger partial charge in [-0.25, -0.2) is 9.24 Å². The second kappa shape index (κ2) is 4.28. The molecule has 15 heavy (non-hydrogen) atoms. The molecule has 0 saturated carbocycles. The van der Waals surface area contributed by atoms with Crippen molar-refractivity contribution < 1.29 is 13.9 Å². The Balaban J connectivity index is 2.16. The van der Waals surface area contributed by atoms with E-state index in [1.165, 1.54) is 18.2 Å². The maximum absolute atomic E-state index is 12.8. The van der Waals surface area contributed by atoms with Gasteiger partial charge in [0.15, 0.2) is 0 Å². The fraction of sp³-hybridized carbons (Fsp3) is 0.364. The molecule has 1 aliphatic rings. The number of rotatable bonds is 2. The number of halogens is 1. The molecule has 1 aliphatic heterocycles. The standard InChI is InChI=1S/C11H10FNO2/c1-13-10-6-8(12)2-3-11(10)15-9-4-5-14-7-9/h2-3,6,9H,4-5,7H2. The summed E-state index contributed by atoms with van der Waals surface area (Å²) in [7, 11) is 0. The first-order valence-corrected chi connectivity index (χ1v) is 4.71. The van der Waals surface area contributed by atoms with Gasteiger partial charge in [0.1, 0.15) is 17.7 Å². The molecule has 1 aromatic carbocycles. The van der Waals surface area contributed by atoms with Gasteiger partial charge in [-0.1, -0.05) is 0 Å². The van der Waals surface area contributed by atoms with Crippen molar-refractivity contribution in [1.29, 1.82) is 0 Å². The monoisotopic (exact) mass is 207 g/mol. The summed E-state index contributed by atoms with van der Waals surface area (Å²) in [5.74, 6) is 0.0120. The Labute approximate surface area is 87.2 Å². The van der Waals surface area contributed by atoms with E-state index in [0.29, 0.717) is 19.0 Å². The van der Waals surface area contributed by atoms with Crippen LogP contribution in [0.2, 0.25) is 0 Å². The molecular formula is C11H10FNO2. The Bertz CT molecular complexity index is 394. The van der Waals surface area contributed by atoms with Crippen LogP contribution in [0.3, 0.4) is 0 Å². The van der Waals surface area contributed by atoms with Gasteiger partial charge in [0.05, 0.1) is 19.8 Å². The van der Waals surface area contributed by atoms with Gasteiger partial charge in [-0.2, -0.15) is 0 Å². The minimum absolute atomic E-state index is 0.0176. The molecule has 0 radical (unpaired) electrons. The lowest BCUT2D eigenvalue weighted by Crippen LogP contribution is -2.15. The van der Waals surface area contributed by atoms with Gasteiger partial charge in [-0.3, -0.25) is 0 Å². The normalized spacial score (nSPS) is 19.9. The molecular weight excluding hydrogens is 197 g/mol. The van der Waals surface area contributed by atoms with Crippen molar-refractivity contribution in [3.8, 4) is 5.75 Å². The highest BCUT2D eigenvalue weighted by Gasteiger charge is 2.18. The van der Waals surface area contributed by atoms with Crippen LogP contribution in [0, 0.1) is 12.4 Å². The molecule has 0 aromatic heterocycles. The van der Waals surface area contributed by atoms with Crippen LogP contribution < -0.4 is 4.74 Å². The summed E-state index contributed by atoms with van der Waals surface area (Å²) in [6.45, 7) is 8.12. The third-order valence-corrected chi connectivity index (χ3v) is 2.22.